The molecule has 0 unspecified atom stereocenters. The fourth-order valence-electron chi connectivity index (χ4n) is 3.40. The fourth-order valence-corrected chi connectivity index (χ4v) is 4.56. The zero-order valence-corrected chi connectivity index (χ0v) is 16.5. The molecule has 2 aliphatic heterocycles. The summed E-state index contributed by atoms with van der Waals surface area (Å²) in [5.74, 6) is 1.18. The molecule has 0 aromatic heterocycles. The molecule has 0 radical (unpaired) electrons. The summed E-state index contributed by atoms with van der Waals surface area (Å²) in [6.07, 6.45) is 1.27. The van der Waals surface area contributed by atoms with Crippen LogP contribution in [0.4, 0.5) is 0 Å². The summed E-state index contributed by atoms with van der Waals surface area (Å²) < 4.78 is 17.9. The highest BCUT2D eigenvalue weighted by Crippen LogP contribution is 2.41. The number of amidine groups is 1. The van der Waals surface area contributed by atoms with Crippen LogP contribution in [0.1, 0.15) is 25.8 Å². The molecule has 5 atom stereocenters. The Bertz CT molecular complexity index is 605. The van der Waals surface area contributed by atoms with E-state index in [1.54, 1.807) is 18.9 Å². The predicted molar refractivity (Wildman–Crippen MR) is 102 cm³/mol. The standard InChI is InChI=1S/C19H28N2O3S/c1-6-15-12(2)17(16-18(24-15)25-19(20-16)21(3)4)23-11-13-7-9-14(22-5)10-8-13/h7-10,12,15-18H,6,11H2,1-5H3/t12-,15-,16-,17+,18-/m1/s1. The molecule has 0 saturated carbocycles. The Balaban J connectivity index is 1.73. The van der Waals surface area contributed by atoms with Crippen LogP contribution in [-0.4, -0.2) is 55.0 Å². The third kappa shape index (κ3) is 3.96. The summed E-state index contributed by atoms with van der Waals surface area (Å²) in [6, 6.07) is 8.10. The molecule has 1 saturated heterocycles. The van der Waals surface area contributed by atoms with E-state index in [-0.39, 0.29) is 23.7 Å². The summed E-state index contributed by atoms with van der Waals surface area (Å²) in [6.45, 7) is 4.97. The van der Waals surface area contributed by atoms with Gasteiger partial charge in [-0.1, -0.05) is 37.7 Å². The average molecular weight is 365 g/mol. The van der Waals surface area contributed by atoms with Crippen molar-refractivity contribution >= 4 is 16.9 Å². The normalized spacial score (nSPS) is 31.4. The van der Waals surface area contributed by atoms with E-state index in [1.165, 1.54) is 0 Å². The predicted octanol–water partition coefficient (Wildman–Crippen LogP) is 3.38. The van der Waals surface area contributed by atoms with Crippen LogP contribution in [0.5, 0.6) is 5.75 Å². The summed E-state index contributed by atoms with van der Waals surface area (Å²) in [4.78, 5) is 6.94. The molecular weight excluding hydrogens is 336 g/mol. The molecule has 3 rings (SSSR count). The number of aliphatic imine (C=N–C) groups is 1. The molecule has 0 spiro atoms. The van der Waals surface area contributed by atoms with Gasteiger partial charge in [0, 0.05) is 20.0 Å². The van der Waals surface area contributed by atoms with Crippen molar-refractivity contribution in [2.75, 3.05) is 21.2 Å². The third-order valence-electron chi connectivity index (χ3n) is 4.90. The SMILES string of the molecule is CC[C@H]1O[C@@H]2SC(N(C)C)=N[C@@H]2[C@@H](OCc2ccc(OC)cc2)[C@@H]1C. The van der Waals surface area contributed by atoms with Crippen LogP contribution in [0, 0.1) is 5.92 Å². The van der Waals surface area contributed by atoms with E-state index < -0.39 is 0 Å². The lowest BCUT2D eigenvalue weighted by atomic mass is 9.88. The zero-order valence-electron chi connectivity index (χ0n) is 15.6. The summed E-state index contributed by atoms with van der Waals surface area (Å²) in [5, 5.41) is 1.03. The second kappa shape index (κ2) is 7.98. The van der Waals surface area contributed by atoms with Crippen molar-refractivity contribution in [1.29, 1.82) is 0 Å². The molecule has 2 heterocycles. The number of hydrogen-bond acceptors (Lipinski definition) is 6. The first-order chi connectivity index (χ1) is 12.0. The maximum absolute atomic E-state index is 6.37. The van der Waals surface area contributed by atoms with Gasteiger partial charge in [0.15, 0.2) is 5.17 Å². The first kappa shape index (κ1) is 18.5. The first-order valence-corrected chi connectivity index (χ1v) is 9.73. The van der Waals surface area contributed by atoms with E-state index in [0.717, 1.165) is 22.9 Å². The molecule has 0 amide bonds. The molecule has 5 nitrogen and oxygen atoms in total. The van der Waals surface area contributed by atoms with E-state index in [1.807, 2.05) is 26.2 Å². The topological polar surface area (TPSA) is 43.3 Å². The molecule has 1 aromatic carbocycles. The first-order valence-electron chi connectivity index (χ1n) is 8.85. The average Bonchev–Trinajstić information content (AvgIpc) is 3.05. The lowest BCUT2D eigenvalue weighted by molar-refractivity contribution is -0.137. The smallest absolute Gasteiger partial charge is 0.161 e. The molecule has 6 heteroatoms. The summed E-state index contributed by atoms with van der Waals surface area (Å²) >= 11 is 1.71. The van der Waals surface area contributed by atoms with Gasteiger partial charge >= 0.3 is 0 Å². The van der Waals surface area contributed by atoms with Crippen LogP contribution in [0.2, 0.25) is 0 Å². The Labute approximate surface area is 154 Å². The molecule has 0 aliphatic carbocycles. The van der Waals surface area contributed by atoms with E-state index >= 15 is 0 Å². The monoisotopic (exact) mass is 364 g/mol. The number of benzene rings is 1. The van der Waals surface area contributed by atoms with Crippen molar-refractivity contribution in [1.82, 2.24) is 4.90 Å². The molecule has 25 heavy (non-hydrogen) atoms. The molecular formula is C19H28N2O3S. The highest BCUT2D eigenvalue weighted by Gasteiger charge is 2.48. The van der Waals surface area contributed by atoms with Gasteiger partial charge in [0.05, 0.1) is 25.9 Å². The van der Waals surface area contributed by atoms with Crippen molar-refractivity contribution in [3.8, 4) is 5.75 Å². The Morgan fingerprint density at radius 1 is 1.24 bits per heavy atom. The lowest BCUT2D eigenvalue weighted by Crippen LogP contribution is -2.51. The van der Waals surface area contributed by atoms with Crippen molar-refractivity contribution in [2.45, 2.75) is 50.6 Å². The molecule has 1 fully saturated rings. The van der Waals surface area contributed by atoms with E-state index in [2.05, 4.69) is 30.9 Å². The fraction of sp³-hybridized carbons (Fsp3) is 0.632. The van der Waals surface area contributed by atoms with Crippen molar-refractivity contribution in [3.63, 3.8) is 0 Å². The number of fused-ring (bicyclic) bond motifs is 1. The van der Waals surface area contributed by atoms with Crippen LogP contribution in [0.3, 0.4) is 0 Å². The summed E-state index contributed by atoms with van der Waals surface area (Å²) in [5.41, 5.74) is 1.20. The van der Waals surface area contributed by atoms with Crippen molar-refractivity contribution in [3.05, 3.63) is 29.8 Å². The van der Waals surface area contributed by atoms with Gasteiger partial charge in [-0.05, 0) is 24.1 Å². The van der Waals surface area contributed by atoms with Crippen molar-refractivity contribution < 1.29 is 14.2 Å². The maximum atomic E-state index is 6.37. The maximum Gasteiger partial charge on any atom is 0.161 e. The number of thioether (sulfide) groups is 1. The number of rotatable bonds is 5. The van der Waals surface area contributed by atoms with Gasteiger partial charge in [0.1, 0.15) is 17.2 Å². The minimum absolute atomic E-state index is 0.0541. The zero-order chi connectivity index (χ0) is 18.0. The summed E-state index contributed by atoms with van der Waals surface area (Å²) in [7, 11) is 5.73. The number of hydrogen-bond donors (Lipinski definition) is 0. The number of methoxy groups -OCH3 is 1. The molecule has 0 bridgehead atoms. The van der Waals surface area contributed by atoms with Gasteiger partial charge < -0.3 is 19.1 Å². The Morgan fingerprint density at radius 3 is 2.56 bits per heavy atom. The van der Waals surface area contributed by atoms with Gasteiger partial charge in [-0.2, -0.15) is 0 Å². The van der Waals surface area contributed by atoms with Gasteiger partial charge in [-0.3, -0.25) is 4.99 Å². The largest absolute Gasteiger partial charge is 0.497 e. The highest BCUT2D eigenvalue weighted by molar-refractivity contribution is 8.14. The molecule has 138 valence electrons. The minimum Gasteiger partial charge on any atom is -0.497 e. The van der Waals surface area contributed by atoms with Gasteiger partial charge in [0.25, 0.3) is 0 Å². The third-order valence-corrected chi connectivity index (χ3v) is 6.20. The number of ether oxygens (including phenoxy) is 3. The second-order valence-corrected chi connectivity index (χ2v) is 7.91. The van der Waals surface area contributed by atoms with Crippen LogP contribution in [0.25, 0.3) is 0 Å². The van der Waals surface area contributed by atoms with Gasteiger partial charge in [-0.15, -0.1) is 0 Å². The molecule has 0 N–H and O–H groups in total. The quantitative estimate of drug-likeness (QED) is 0.801. The van der Waals surface area contributed by atoms with Crippen molar-refractivity contribution in [2.24, 2.45) is 10.9 Å². The Hall–Kier alpha value is -1.24. The van der Waals surface area contributed by atoms with Crippen LogP contribution >= 0.6 is 11.8 Å². The van der Waals surface area contributed by atoms with Gasteiger partial charge in [-0.25, -0.2) is 0 Å². The number of nitrogens with zero attached hydrogens (tertiary/aromatic N) is 2. The second-order valence-electron chi connectivity index (χ2n) is 6.85. The highest BCUT2D eigenvalue weighted by atomic mass is 32.2. The van der Waals surface area contributed by atoms with E-state index in [4.69, 9.17) is 19.2 Å². The Morgan fingerprint density at radius 2 is 1.96 bits per heavy atom. The van der Waals surface area contributed by atoms with E-state index in [9.17, 15) is 0 Å². The van der Waals surface area contributed by atoms with E-state index in [0.29, 0.717) is 12.5 Å². The Kier molecular flexibility index (Phi) is 5.92. The lowest BCUT2D eigenvalue weighted by Gasteiger charge is -2.41. The van der Waals surface area contributed by atoms with Crippen LogP contribution in [-0.2, 0) is 16.1 Å². The van der Waals surface area contributed by atoms with Crippen LogP contribution < -0.4 is 4.74 Å². The minimum atomic E-state index is 0.0541. The molecule has 1 aromatic rings. The molecule has 2 aliphatic rings. The van der Waals surface area contributed by atoms with Crippen LogP contribution in [0.15, 0.2) is 29.3 Å². The van der Waals surface area contributed by atoms with Gasteiger partial charge in [0.2, 0.25) is 0 Å².